The molecule has 2 rings (SSSR count). The summed E-state index contributed by atoms with van der Waals surface area (Å²) in [7, 11) is 0. The van der Waals surface area contributed by atoms with E-state index in [1.807, 2.05) is 6.07 Å². The van der Waals surface area contributed by atoms with E-state index in [1.54, 1.807) is 18.3 Å². The van der Waals surface area contributed by atoms with E-state index in [0.717, 1.165) is 5.69 Å². The normalized spacial score (nSPS) is 25.6. The van der Waals surface area contributed by atoms with Crippen LogP contribution >= 0.6 is 0 Å². The molecule has 1 aromatic rings. The van der Waals surface area contributed by atoms with E-state index >= 15 is 0 Å². The van der Waals surface area contributed by atoms with Crippen molar-refractivity contribution in [3.63, 3.8) is 0 Å². The second-order valence-corrected chi connectivity index (χ2v) is 4.45. The Kier molecular flexibility index (Phi) is 3.19. The van der Waals surface area contributed by atoms with Gasteiger partial charge in [0.25, 0.3) is 0 Å². The number of alkyl halides is 2. The first-order chi connectivity index (χ1) is 7.57. The van der Waals surface area contributed by atoms with E-state index in [1.165, 1.54) is 0 Å². The molecule has 0 saturated heterocycles. The van der Waals surface area contributed by atoms with Crippen molar-refractivity contribution in [3.05, 3.63) is 30.1 Å². The fourth-order valence-electron chi connectivity index (χ4n) is 2.21. The molecule has 2 nitrogen and oxygen atoms in total. The number of aliphatic hydroxyl groups is 1. The highest BCUT2D eigenvalue weighted by molar-refractivity contribution is 5.05. The van der Waals surface area contributed by atoms with Gasteiger partial charge < -0.3 is 5.11 Å². The molecule has 0 radical (unpaired) electrons. The number of pyridine rings is 1. The Morgan fingerprint density at radius 2 is 2.31 bits per heavy atom. The minimum atomic E-state index is -2.59. The average molecular weight is 227 g/mol. The lowest BCUT2D eigenvalue weighted by Gasteiger charge is -2.17. The Labute approximate surface area is 93.3 Å². The lowest BCUT2D eigenvalue weighted by Crippen LogP contribution is -2.23. The van der Waals surface area contributed by atoms with Gasteiger partial charge in [0.1, 0.15) is 0 Å². The highest BCUT2D eigenvalue weighted by Gasteiger charge is 2.42. The van der Waals surface area contributed by atoms with Gasteiger partial charge in [0.2, 0.25) is 5.92 Å². The number of hydrogen-bond acceptors (Lipinski definition) is 2. The van der Waals surface area contributed by atoms with Crippen molar-refractivity contribution in [1.82, 2.24) is 4.98 Å². The van der Waals surface area contributed by atoms with Crippen molar-refractivity contribution in [2.24, 2.45) is 5.92 Å². The molecular weight excluding hydrogens is 212 g/mol. The van der Waals surface area contributed by atoms with Crippen LogP contribution in [0.1, 0.15) is 25.0 Å². The van der Waals surface area contributed by atoms with E-state index in [9.17, 15) is 13.9 Å². The molecule has 1 aliphatic carbocycles. The zero-order valence-electron chi connectivity index (χ0n) is 8.94. The summed E-state index contributed by atoms with van der Waals surface area (Å²) in [5.74, 6) is -2.88. The van der Waals surface area contributed by atoms with Crippen LogP contribution in [-0.4, -0.2) is 22.1 Å². The van der Waals surface area contributed by atoms with Crippen LogP contribution in [0.2, 0.25) is 0 Å². The van der Waals surface area contributed by atoms with Crippen LogP contribution in [0.4, 0.5) is 8.78 Å². The van der Waals surface area contributed by atoms with Crippen molar-refractivity contribution in [1.29, 1.82) is 0 Å². The van der Waals surface area contributed by atoms with E-state index in [2.05, 4.69) is 4.98 Å². The molecule has 2 atom stereocenters. The summed E-state index contributed by atoms with van der Waals surface area (Å²) in [6, 6.07) is 5.42. The molecule has 1 fully saturated rings. The zero-order valence-corrected chi connectivity index (χ0v) is 8.94. The number of aromatic nitrogens is 1. The van der Waals surface area contributed by atoms with Gasteiger partial charge in [0, 0.05) is 31.2 Å². The van der Waals surface area contributed by atoms with Crippen molar-refractivity contribution < 1.29 is 13.9 Å². The standard InChI is InChI=1S/C12H15F2NO/c13-12(14)5-4-9(8-12)11(16)7-10-3-1-2-6-15-10/h1-3,6,9,11,16H,4-5,7-8H2/t9-,11?/m0/s1. The molecule has 0 amide bonds. The molecule has 0 bridgehead atoms. The van der Waals surface area contributed by atoms with Crippen molar-refractivity contribution in [2.45, 2.75) is 37.7 Å². The van der Waals surface area contributed by atoms with E-state index in [-0.39, 0.29) is 18.8 Å². The maximum atomic E-state index is 13.0. The molecular formula is C12H15F2NO. The third-order valence-electron chi connectivity index (χ3n) is 3.13. The first-order valence-corrected chi connectivity index (χ1v) is 5.53. The molecule has 0 spiro atoms. The summed E-state index contributed by atoms with van der Waals surface area (Å²) in [5.41, 5.74) is 0.755. The molecule has 1 heterocycles. The lowest BCUT2D eigenvalue weighted by atomic mass is 9.96. The van der Waals surface area contributed by atoms with Gasteiger partial charge in [-0.1, -0.05) is 6.07 Å². The Morgan fingerprint density at radius 1 is 1.50 bits per heavy atom. The van der Waals surface area contributed by atoms with Crippen molar-refractivity contribution in [2.75, 3.05) is 0 Å². The minimum absolute atomic E-state index is 0.100. The van der Waals surface area contributed by atoms with Gasteiger partial charge in [-0.25, -0.2) is 8.78 Å². The second kappa shape index (κ2) is 4.45. The maximum Gasteiger partial charge on any atom is 0.248 e. The molecule has 88 valence electrons. The van der Waals surface area contributed by atoms with Crippen molar-refractivity contribution >= 4 is 0 Å². The highest BCUT2D eigenvalue weighted by atomic mass is 19.3. The van der Waals surface area contributed by atoms with Gasteiger partial charge in [-0.05, 0) is 24.5 Å². The van der Waals surface area contributed by atoms with Gasteiger partial charge in [-0.15, -0.1) is 0 Å². The fourth-order valence-corrected chi connectivity index (χ4v) is 2.21. The summed E-state index contributed by atoms with van der Waals surface area (Å²) >= 11 is 0. The lowest BCUT2D eigenvalue weighted by molar-refractivity contribution is -0.00488. The predicted molar refractivity (Wildman–Crippen MR) is 56.2 cm³/mol. The molecule has 0 aliphatic heterocycles. The largest absolute Gasteiger partial charge is 0.392 e. The van der Waals surface area contributed by atoms with Crippen LogP contribution in [0.25, 0.3) is 0 Å². The molecule has 1 N–H and O–H groups in total. The molecule has 16 heavy (non-hydrogen) atoms. The first-order valence-electron chi connectivity index (χ1n) is 5.53. The quantitative estimate of drug-likeness (QED) is 0.860. The van der Waals surface area contributed by atoms with Crippen LogP contribution in [0.3, 0.4) is 0 Å². The Hall–Kier alpha value is -1.03. The molecule has 1 aliphatic rings. The van der Waals surface area contributed by atoms with Gasteiger partial charge in [0.05, 0.1) is 6.10 Å². The Balaban J connectivity index is 1.92. The fraction of sp³-hybridized carbons (Fsp3) is 0.583. The summed E-state index contributed by atoms with van der Waals surface area (Å²) in [5, 5.41) is 9.86. The topological polar surface area (TPSA) is 33.1 Å². The molecule has 1 aromatic heterocycles. The highest BCUT2D eigenvalue weighted by Crippen LogP contribution is 2.40. The minimum Gasteiger partial charge on any atom is -0.392 e. The van der Waals surface area contributed by atoms with Crippen LogP contribution in [0.5, 0.6) is 0 Å². The number of aliphatic hydroxyl groups excluding tert-OH is 1. The van der Waals surface area contributed by atoms with Crippen LogP contribution in [0.15, 0.2) is 24.4 Å². The van der Waals surface area contributed by atoms with Gasteiger partial charge in [0.15, 0.2) is 0 Å². The van der Waals surface area contributed by atoms with Gasteiger partial charge >= 0.3 is 0 Å². The second-order valence-electron chi connectivity index (χ2n) is 4.45. The summed E-state index contributed by atoms with van der Waals surface area (Å²) in [6.45, 7) is 0. The van der Waals surface area contributed by atoms with Crippen molar-refractivity contribution in [3.8, 4) is 0 Å². The molecule has 4 heteroatoms. The van der Waals surface area contributed by atoms with Gasteiger partial charge in [-0.3, -0.25) is 4.98 Å². The van der Waals surface area contributed by atoms with Gasteiger partial charge in [-0.2, -0.15) is 0 Å². The molecule has 1 saturated carbocycles. The van der Waals surface area contributed by atoms with E-state index in [4.69, 9.17) is 0 Å². The van der Waals surface area contributed by atoms with E-state index in [0.29, 0.717) is 12.8 Å². The summed E-state index contributed by atoms with van der Waals surface area (Å²) < 4.78 is 25.9. The third kappa shape index (κ3) is 2.76. The summed E-state index contributed by atoms with van der Waals surface area (Å²) in [6.07, 6.45) is 1.41. The number of nitrogens with zero attached hydrogens (tertiary/aromatic N) is 1. The van der Waals surface area contributed by atoms with Crippen LogP contribution < -0.4 is 0 Å². The Morgan fingerprint density at radius 3 is 2.88 bits per heavy atom. The molecule has 0 aromatic carbocycles. The third-order valence-corrected chi connectivity index (χ3v) is 3.13. The zero-order chi connectivity index (χ0) is 11.6. The average Bonchev–Trinajstić information content (AvgIpc) is 2.60. The number of halogens is 2. The number of rotatable bonds is 3. The smallest absolute Gasteiger partial charge is 0.248 e. The van der Waals surface area contributed by atoms with Crippen LogP contribution in [-0.2, 0) is 6.42 Å². The monoisotopic (exact) mass is 227 g/mol. The van der Waals surface area contributed by atoms with Crippen LogP contribution in [0, 0.1) is 5.92 Å². The predicted octanol–water partition coefficient (Wildman–Crippen LogP) is 2.42. The summed E-state index contributed by atoms with van der Waals surface area (Å²) in [4.78, 5) is 4.08. The number of hydrogen-bond donors (Lipinski definition) is 1. The van der Waals surface area contributed by atoms with E-state index < -0.39 is 12.0 Å². The molecule has 1 unspecified atom stereocenters. The Bertz CT molecular complexity index is 342. The SMILES string of the molecule is OC(Cc1ccccn1)[C@H]1CCC(F)(F)C1. The first kappa shape index (κ1) is 11.5. The maximum absolute atomic E-state index is 13.0.